The molecule has 104 valence electrons. The van der Waals surface area contributed by atoms with Crippen molar-refractivity contribution in [2.24, 2.45) is 5.73 Å². The standard InChI is InChI=1S/C14H19BrN2O2/c1-10(11-4-2-3-5-12(11)15)6-13(18)17-8-14(19,7-16)9-17/h2-5,10,19H,6-9,16H2,1H3. The maximum atomic E-state index is 12.1. The van der Waals surface area contributed by atoms with Crippen LogP contribution in [0.3, 0.4) is 0 Å². The number of β-amino-alcohol motifs (C(OH)–C–C–N with tert-alkyl or cyclic N) is 1. The van der Waals surface area contributed by atoms with Crippen LogP contribution in [0.5, 0.6) is 0 Å². The second-order valence-electron chi connectivity index (χ2n) is 5.30. The lowest BCUT2D eigenvalue weighted by Crippen LogP contribution is -2.66. The predicted molar refractivity (Wildman–Crippen MR) is 77.8 cm³/mol. The molecule has 4 nitrogen and oxygen atoms in total. The number of carbonyl (C=O) groups excluding carboxylic acids is 1. The fraction of sp³-hybridized carbons (Fsp3) is 0.500. The number of hydrogen-bond acceptors (Lipinski definition) is 3. The van der Waals surface area contributed by atoms with E-state index in [0.717, 1.165) is 10.0 Å². The maximum absolute atomic E-state index is 12.1. The molecule has 0 saturated carbocycles. The minimum atomic E-state index is -0.869. The van der Waals surface area contributed by atoms with Gasteiger partial charge in [0.15, 0.2) is 0 Å². The van der Waals surface area contributed by atoms with Gasteiger partial charge in [-0.1, -0.05) is 41.1 Å². The van der Waals surface area contributed by atoms with Crippen LogP contribution in [-0.2, 0) is 4.79 Å². The number of benzene rings is 1. The Labute approximate surface area is 121 Å². The van der Waals surface area contributed by atoms with E-state index >= 15 is 0 Å². The summed E-state index contributed by atoms with van der Waals surface area (Å²) in [5, 5.41) is 9.81. The SMILES string of the molecule is CC(CC(=O)N1CC(O)(CN)C1)c1ccccc1Br. The molecule has 0 radical (unpaired) electrons. The minimum absolute atomic E-state index is 0.0707. The lowest BCUT2D eigenvalue weighted by atomic mass is 9.91. The monoisotopic (exact) mass is 326 g/mol. The summed E-state index contributed by atoms with van der Waals surface area (Å²) >= 11 is 3.50. The number of amides is 1. The summed E-state index contributed by atoms with van der Waals surface area (Å²) in [5.74, 6) is 0.219. The molecule has 0 spiro atoms. The molecule has 1 saturated heterocycles. The molecular formula is C14H19BrN2O2. The Morgan fingerprint density at radius 3 is 2.74 bits per heavy atom. The van der Waals surface area contributed by atoms with E-state index < -0.39 is 5.60 Å². The fourth-order valence-corrected chi connectivity index (χ4v) is 3.02. The smallest absolute Gasteiger partial charge is 0.223 e. The number of nitrogens with two attached hydrogens (primary N) is 1. The molecule has 1 aromatic carbocycles. The highest BCUT2D eigenvalue weighted by Crippen LogP contribution is 2.29. The topological polar surface area (TPSA) is 66.6 Å². The third kappa shape index (κ3) is 3.16. The number of carbonyl (C=O) groups is 1. The molecule has 1 aliphatic heterocycles. The second kappa shape index (κ2) is 5.61. The van der Waals surface area contributed by atoms with Crippen LogP contribution in [0, 0.1) is 0 Å². The van der Waals surface area contributed by atoms with Gasteiger partial charge in [-0.25, -0.2) is 0 Å². The summed E-state index contributed by atoms with van der Waals surface area (Å²) in [7, 11) is 0. The summed E-state index contributed by atoms with van der Waals surface area (Å²) in [6.07, 6.45) is 0.448. The van der Waals surface area contributed by atoms with E-state index in [1.807, 2.05) is 31.2 Å². The zero-order chi connectivity index (χ0) is 14.0. The fourth-order valence-electron chi connectivity index (χ4n) is 2.35. The van der Waals surface area contributed by atoms with Crippen molar-refractivity contribution in [3.8, 4) is 0 Å². The Hall–Kier alpha value is -0.910. The van der Waals surface area contributed by atoms with Crippen molar-refractivity contribution >= 4 is 21.8 Å². The quantitative estimate of drug-likeness (QED) is 0.880. The summed E-state index contributed by atoms with van der Waals surface area (Å²) in [6, 6.07) is 7.93. The van der Waals surface area contributed by atoms with Gasteiger partial charge >= 0.3 is 0 Å². The van der Waals surface area contributed by atoms with Crippen molar-refractivity contribution in [1.29, 1.82) is 0 Å². The molecular weight excluding hydrogens is 308 g/mol. The van der Waals surface area contributed by atoms with E-state index in [1.54, 1.807) is 4.90 Å². The number of halogens is 1. The molecule has 3 N–H and O–H groups in total. The molecule has 0 bridgehead atoms. The highest BCUT2D eigenvalue weighted by Gasteiger charge is 2.42. The predicted octanol–water partition coefficient (Wildman–Crippen LogP) is 1.47. The zero-order valence-electron chi connectivity index (χ0n) is 11.0. The molecule has 1 aliphatic rings. The first-order chi connectivity index (χ1) is 8.95. The molecule has 1 unspecified atom stereocenters. The molecule has 0 aliphatic carbocycles. The number of hydrogen-bond donors (Lipinski definition) is 2. The summed E-state index contributed by atoms with van der Waals surface area (Å²) in [4.78, 5) is 13.7. The highest BCUT2D eigenvalue weighted by atomic mass is 79.9. The van der Waals surface area contributed by atoms with Gasteiger partial charge in [0.25, 0.3) is 0 Å². The van der Waals surface area contributed by atoms with Crippen molar-refractivity contribution in [2.75, 3.05) is 19.6 Å². The molecule has 1 fully saturated rings. The van der Waals surface area contributed by atoms with Crippen LogP contribution < -0.4 is 5.73 Å². The summed E-state index contributed by atoms with van der Waals surface area (Å²) in [5.41, 5.74) is 5.71. The Kier molecular flexibility index (Phi) is 4.28. The molecule has 5 heteroatoms. The second-order valence-corrected chi connectivity index (χ2v) is 6.16. The summed E-state index contributed by atoms with van der Waals surface area (Å²) < 4.78 is 1.03. The van der Waals surface area contributed by atoms with Gasteiger partial charge in [-0.05, 0) is 17.5 Å². The van der Waals surface area contributed by atoms with Crippen molar-refractivity contribution in [2.45, 2.75) is 24.9 Å². The van der Waals surface area contributed by atoms with Crippen LogP contribution in [0.1, 0.15) is 24.8 Å². The molecule has 19 heavy (non-hydrogen) atoms. The number of likely N-dealkylation sites (tertiary alicyclic amines) is 1. The molecule has 0 aromatic heterocycles. The maximum Gasteiger partial charge on any atom is 0.223 e. The van der Waals surface area contributed by atoms with Crippen LogP contribution in [-0.4, -0.2) is 41.1 Å². The molecule has 1 heterocycles. The third-order valence-electron chi connectivity index (χ3n) is 3.62. The van der Waals surface area contributed by atoms with Crippen molar-refractivity contribution in [1.82, 2.24) is 4.90 Å². The van der Waals surface area contributed by atoms with Crippen LogP contribution >= 0.6 is 15.9 Å². The van der Waals surface area contributed by atoms with Gasteiger partial charge in [0.05, 0.1) is 13.1 Å². The first-order valence-electron chi connectivity index (χ1n) is 6.40. The van der Waals surface area contributed by atoms with Crippen molar-refractivity contribution in [3.05, 3.63) is 34.3 Å². The zero-order valence-corrected chi connectivity index (χ0v) is 12.6. The first kappa shape index (κ1) is 14.5. The largest absolute Gasteiger partial charge is 0.385 e. The van der Waals surface area contributed by atoms with Crippen LogP contribution in [0.15, 0.2) is 28.7 Å². The van der Waals surface area contributed by atoms with E-state index in [1.165, 1.54) is 0 Å². The van der Waals surface area contributed by atoms with E-state index in [4.69, 9.17) is 5.73 Å². The Balaban J connectivity index is 1.92. The first-order valence-corrected chi connectivity index (χ1v) is 7.19. The lowest BCUT2D eigenvalue weighted by Gasteiger charge is -2.46. The van der Waals surface area contributed by atoms with Crippen molar-refractivity contribution in [3.63, 3.8) is 0 Å². The Morgan fingerprint density at radius 2 is 2.16 bits per heavy atom. The minimum Gasteiger partial charge on any atom is -0.385 e. The highest BCUT2D eigenvalue weighted by molar-refractivity contribution is 9.10. The molecule has 1 amide bonds. The van der Waals surface area contributed by atoms with Gasteiger partial charge in [0.1, 0.15) is 5.60 Å². The van der Waals surface area contributed by atoms with E-state index in [2.05, 4.69) is 15.9 Å². The van der Waals surface area contributed by atoms with Gasteiger partial charge < -0.3 is 15.7 Å². The van der Waals surface area contributed by atoms with Gasteiger partial charge in [-0.15, -0.1) is 0 Å². The van der Waals surface area contributed by atoms with Gasteiger partial charge in [-0.3, -0.25) is 4.79 Å². The number of aliphatic hydroxyl groups is 1. The third-order valence-corrected chi connectivity index (χ3v) is 4.34. The van der Waals surface area contributed by atoms with E-state index in [9.17, 15) is 9.90 Å². The average Bonchev–Trinajstić information content (AvgIpc) is 2.35. The lowest BCUT2D eigenvalue weighted by molar-refractivity contribution is -0.153. The van der Waals surface area contributed by atoms with Gasteiger partial charge in [0.2, 0.25) is 5.91 Å². The Bertz CT molecular complexity index is 472. The normalized spacial score (nSPS) is 18.8. The molecule has 1 atom stereocenters. The van der Waals surface area contributed by atoms with E-state index in [-0.39, 0.29) is 18.4 Å². The van der Waals surface area contributed by atoms with Crippen molar-refractivity contribution < 1.29 is 9.90 Å². The Morgan fingerprint density at radius 1 is 1.53 bits per heavy atom. The van der Waals surface area contributed by atoms with Gasteiger partial charge in [-0.2, -0.15) is 0 Å². The van der Waals surface area contributed by atoms with E-state index in [0.29, 0.717) is 19.5 Å². The number of rotatable bonds is 4. The van der Waals surface area contributed by atoms with Gasteiger partial charge in [0, 0.05) is 17.4 Å². The average molecular weight is 327 g/mol. The summed E-state index contributed by atoms with van der Waals surface area (Å²) in [6.45, 7) is 2.94. The molecule has 1 aromatic rings. The van der Waals surface area contributed by atoms with Crippen LogP contribution in [0.2, 0.25) is 0 Å². The molecule has 2 rings (SSSR count). The van der Waals surface area contributed by atoms with Crippen LogP contribution in [0.25, 0.3) is 0 Å². The number of nitrogens with zero attached hydrogens (tertiary/aromatic N) is 1. The van der Waals surface area contributed by atoms with Crippen LogP contribution in [0.4, 0.5) is 0 Å².